The second kappa shape index (κ2) is 9.42. The van der Waals surface area contributed by atoms with Gasteiger partial charge < -0.3 is 25.4 Å². The molecule has 0 saturated heterocycles. The second-order valence-electron chi connectivity index (χ2n) is 5.37. The number of hydrogen-bond acceptors (Lipinski definition) is 6. The molecule has 3 N–H and O–H groups in total. The highest BCUT2D eigenvalue weighted by molar-refractivity contribution is 7.09. The molecule has 0 saturated carbocycles. The molecule has 3 rings (SSSR count). The molecule has 2 aromatic rings. The van der Waals surface area contributed by atoms with E-state index in [9.17, 15) is 9.59 Å². The van der Waals surface area contributed by atoms with Crippen molar-refractivity contribution < 1.29 is 19.1 Å². The first-order valence-electron chi connectivity index (χ1n) is 7.86. The molecule has 1 aromatic heterocycles. The lowest BCUT2D eigenvalue weighted by Crippen LogP contribution is -2.41. The Hall–Kier alpha value is -2.29. The maximum atomic E-state index is 12.7. The fraction of sp³-hybridized carbons (Fsp3) is 0.294. The lowest BCUT2D eigenvalue weighted by atomic mass is 10.2. The molecule has 2 heterocycles. The number of carbonyl (C=O) groups excluding carboxylic acids is 2. The van der Waals surface area contributed by atoms with E-state index in [4.69, 9.17) is 15.2 Å². The fourth-order valence-corrected chi connectivity index (χ4v) is 3.12. The summed E-state index contributed by atoms with van der Waals surface area (Å²) in [6.45, 7) is 1.13. The van der Waals surface area contributed by atoms with E-state index >= 15 is 0 Å². The maximum Gasteiger partial charge on any atom is 0.246 e. The Morgan fingerprint density at radius 2 is 1.96 bits per heavy atom. The minimum atomic E-state index is -0.369. The van der Waals surface area contributed by atoms with Gasteiger partial charge in [-0.1, -0.05) is 6.07 Å². The van der Waals surface area contributed by atoms with Crippen molar-refractivity contribution in [1.29, 1.82) is 0 Å². The van der Waals surface area contributed by atoms with Gasteiger partial charge in [0.1, 0.15) is 13.2 Å². The molecular formula is C17H20ClN3O4S. The van der Waals surface area contributed by atoms with Crippen LogP contribution in [0.15, 0.2) is 35.7 Å². The zero-order valence-electron chi connectivity index (χ0n) is 14.0. The minimum Gasteiger partial charge on any atom is -0.486 e. The summed E-state index contributed by atoms with van der Waals surface area (Å²) < 4.78 is 11.1. The van der Waals surface area contributed by atoms with Crippen molar-refractivity contribution in [3.8, 4) is 11.5 Å². The number of anilines is 1. The number of hydrogen-bond donors (Lipinski definition) is 2. The molecule has 1 aromatic carbocycles. The average Bonchev–Trinajstić information content (AvgIpc) is 3.16. The van der Waals surface area contributed by atoms with Crippen molar-refractivity contribution in [3.05, 3.63) is 40.6 Å². The number of thiophene rings is 1. The number of fused-ring (bicyclic) bond motifs is 1. The van der Waals surface area contributed by atoms with Gasteiger partial charge in [0.05, 0.1) is 19.6 Å². The summed E-state index contributed by atoms with van der Waals surface area (Å²) in [5, 5.41) is 4.47. The minimum absolute atomic E-state index is 0. The summed E-state index contributed by atoms with van der Waals surface area (Å²) in [5.74, 6) is 0.673. The lowest BCUT2D eigenvalue weighted by Gasteiger charge is -2.25. The highest BCUT2D eigenvalue weighted by Crippen LogP contribution is 2.34. The molecule has 1 aliphatic heterocycles. The van der Waals surface area contributed by atoms with E-state index in [1.54, 1.807) is 28.4 Å². The van der Waals surface area contributed by atoms with Crippen LogP contribution < -0.4 is 25.4 Å². The van der Waals surface area contributed by atoms with Crippen LogP contribution >= 0.6 is 23.7 Å². The largest absolute Gasteiger partial charge is 0.486 e. The maximum absolute atomic E-state index is 12.7. The molecule has 7 nitrogen and oxygen atoms in total. The summed E-state index contributed by atoms with van der Waals surface area (Å²) in [6, 6.07) is 9.27. The first-order chi connectivity index (χ1) is 12.2. The van der Waals surface area contributed by atoms with Crippen molar-refractivity contribution >= 4 is 41.2 Å². The number of rotatable bonds is 6. The molecule has 0 aliphatic carbocycles. The van der Waals surface area contributed by atoms with Crippen LogP contribution in [0.1, 0.15) is 4.88 Å². The number of benzene rings is 1. The van der Waals surface area contributed by atoms with Crippen LogP contribution in [0.2, 0.25) is 0 Å². The Morgan fingerprint density at radius 1 is 1.19 bits per heavy atom. The molecule has 0 spiro atoms. The molecule has 9 heteroatoms. The second-order valence-corrected chi connectivity index (χ2v) is 6.40. The van der Waals surface area contributed by atoms with Gasteiger partial charge in [-0.15, -0.1) is 23.7 Å². The molecule has 1 aliphatic rings. The first-order valence-corrected chi connectivity index (χ1v) is 8.74. The molecular weight excluding hydrogens is 378 g/mol. The molecule has 26 heavy (non-hydrogen) atoms. The predicted molar refractivity (Wildman–Crippen MR) is 102 cm³/mol. The summed E-state index contributed by atoms with van der Waals surface area (Å²) in [6.07, 6.45) is 0. The normalized spacial score (nSPS) is 12.0. The topological polar surface area (TPSA) is 93.9 Å². The van der Waals surface area contributed by atoms with E-state index in [0.29, 0.717) is 36.9 Å². The molecule has 0 bridgehead atoms. The van der Waals surface area contributed by atoms with Gasteiger partial charge in [-0.25, -0.2) is 0 Å². The van der Waals surface area contributed by atoms with Crippen LogP contribution in [0.3, 0.4) is 0 Å². The number of nitrogens with zero attached hydrogens (tertiary/aromatic N) is 1. The third-order valence-electron chi connectivity index (χ3n) is 3.65. The van der Waals surface area contributed by atoms with Crippen molar-refractivity contribution in [2.75, 3.05) is 31.2 Å². The predicted octanol–water partition coefficient (Wildman–Crippen LogP) is 1.55. The SMILES string of the molecule is Cl.NCC(=O)NCC(=O)N(Cc1cccs1)c1ccc2c(c1)OCCO2. The third kappa shape index (κ3) is 4.87. The lowest BCUT2D eigenvalue weighted by molar-refractivity contribution is -0.124. The van der Waals surface area contributed by atoms with Crippen molar-refractivity contribution in [1.82, 2.24) is 5.32 Å². The summed E-state index contributed by atoms with van der Waals surface area (Å²) in [7, 11) is 0. The van der Waals surface area contributed by atoms with Crippen molar-refractivity contribution in [2.45, 2.75) is 6.54 Å². The third-order valence-corrected chi connectivity index (χ3v) is 4.52. The van der Waals surface area contributed by atoms with E-state index in [1.807, 2.05) is 23.6 Å². The van der Waals surface area contributed by atoms with Gasteiger partial charge >= 0.3 is 0 Å². The molecule has 0 atom stereocenters. The number of nitrogens with two attached hydrogens (primary N) is 1. The van der Waals surface area contributed by atoms with Crippen LogP contribution in [0.5, 0.6) is 11.5 Å². The summed E-state index contributed by atoms with van der Waals surface area (Å²) in [5.41, 5.74) is 5.95. The summed E-state index contributed by atoms with van der Waals surface area (Å²) >= 11 is 1.56. The zero-order valence-corrected chi connectivity index (χ0v) is 15.6. The number of amides is 2. The van der Waals surface area contributed by atoms with Crippen molar-refractivity contribution in [2.24, 2.45) is 5.73 Å². The van der Waals surface area contributed by atoms with E-state index in [0.717, 1.165) is 4.88 Å². The highest BCUT2D eigenvalue weighted by Gasteiger charge is 2.20. The number of carbonyl (C=O) groups is 2. The van der Waals surface area contributed by atoms with Gasteiger partial charge in [-0.2, -0.15) is 0 Å². The van der Waals surface area contributed by atoms with Gasteiger partial charge in [0, 0.05) is 16.6 Å². The fourth-order valence-electron chi connectivity index (χ4n) is 2.42. The van der Waals surface area contributed by atoms with Crippen LogP contribution in [0.4, 0.5) is 5.69 Å². The zero-order chi connectivity index (χ0) is 17.6. The molecule has 2 amide bonds. The Labute approximate surface area is 161 Å². The Kier molecular flexibility index (Phi) is 7.26. The van der Waals surface area contributed by atoms with E-state index in [-0.39, 0.29) is 37.3 Å². The van der Waals surface area contributed by atoms with Gasteiger partial charge in [0.25, 0.3) is 0 Å². The molecule has 0 fully saturated rings. The summed E-state index contributed by atoms with van der Waals surface area (Å²) in [4.78, 5) is 26.7. The average molecular weight is 398 g/mol. The van der Waals surface area contributed by atoms with E-state index in [1.165, 1.54) is 0 Å². The Morgan fingerprint density at radius 3 is 2.65 bits per heavy atom. The van der Waals surface area contributed by atoms with Crippen molar-refractivity contribution in [3.63, 3.8) is 0 Å². The molecule has 140 valence electrons. The van der Waals surface area contributed by atoms with Gasteiger partial charge in [0.15, 0.2) is 11.5 Å². The van der Waals surface area contributed by atoms with Gasteiger partial charge in [0.2, 0.25) is 11.8 Å². The van der Waals surface area contributed by atoms with Crippen LogP contribution in [0, 0.1) is 0 Å². The smallest absolute Gasteiger partial charge is 0.246 e. The van der Waals surface area contributed by atoms with Gasteiger partial charge in [-0.05, 0) is 23.6 Å². The number of ether oxygens (including phenoxy) is 2. The van der Waals surface area contributed by atoms with Crippen LogP contribution in [0.25, 0.3) is 0 Å². The Balaban J connectivity index is 0.00000243. The quantitative estimate of drug-likeness (QED) is 0.771. The Bertz CT molecular complexity index is 754. The van der Waals surface area contributed by atoms with Crippen LogP contribution in [-0.4, -0.2) is 38.1 Å². The van der Waals surface area contributed by atoms with Gasteiger partial charge in [-0.3, -0.25) is 9.59 Å². The standard InChI is InChI=1S/C17H19N3O4S.ClH/c18-9-16(21)19-10-17(22)20(11-13-2-1-7-25-13)12-3-4-14-15(8-12)24-6-5-23-14;/h1-4,7-8H,5-6,9-11,18H2,(H,19,21);1H. The monoisotopic (exact) mass is 397 g/mol. The number of nitrogens with one attached hydrogen (secondary N) is 1. The van der Waals surface area contributed by atoms with E-state index < -0.39 is 0 Å². The number of halogens is 1. The molecule has 0 unspecified atom stereocenters. The van der Waals surface area contributed by atoms with Crippen LogP contribution in [-0.2, 0) is 16.1 Å². The first kappa shape index (κ1) is 20.0. The van der Waals surface area contributed by atoms with E-state index in [2.05, 4.69) is 5.32 Å². The highest BCUT2D eigenvalue weighted by atomic mass is 35.5. The molecule has 0 radical (unpaired) electrons.